The molecule has 1 saturated carbocycles. The van der Waals surface area contributed by atoms with Crippen LogP contribution in [0.2, 0.25) is 0 Å². The van der Waals surface area contributed by atoms with Crippen molar-refractivity contribution in [3.8, 4) is 0 Å². The number of halogens is 2. The van der Waals surface area contributed by atoms with E-state index in [1.165, 1.54) is 25.6 Å². The van der Waals surface area contributed by atoms with Gasteiger partial charge in [0.05, 0.1) is 17.4 Å². The van der Waals surface area contributed by atoms with Crippen LogP contribution in [0.3, 0.4) is 0 Å². The lowest BCUT2D eigenvalue weighted by Gasteiger charge is -2.26. The zero-order valence-corrected chi connectivity index (χ0v) is 14.8. The van der Waals surface area contributed by atoms with Crippen molar-refractivity contribution in [1.29, 1.82) is 0 Å². The first-order valence-electron chi connectivity index (χ1n) is 9.06. The molecule has 25 heavy (non-hydrogen) atoms. The van der Waals surface area contributed by atoms with Gasteiger partial charge in [0, 0.05) is 18.7 Å². The summed E-state index contributed by atoms with van der Waals surface area (Å²) >= 11 is 0. The number of aromatic nitrogens is 2. The number of nitrogens with one attached hydrogen (secondary N) is 1. The van der Waals surface area contributed by atoms with Crippen molar-refractivity contribution in [3.05, 3.63) is 30.1 Å². The minimum absolute atomic E-state index is 0.00290. The van der Waals surface area contributed by atoms with E-state index in [9.17, 15) is 13.6 Å². The van der Waals surface area contributed by atoms with Crippen molar-refractivity contribution in [2.24, 2.45) is 11.8 Å². The topological polar surface area (TPSA) is 46.9 Å². The third-order valence-electron chi connectivity index (χ3n) is 5.11. The first kappa shape index (κ1) is 17.8. The van der Waals surface area contributed by atoms with Gasteiger partial charge in [-0.15, -0.1) is 0 Å². The second kappa shape index (κ2) is 7.50. The predicted molar refractivity (Wildman–Crippen MR) is 93.1 cm³/mol. The summed E-state index contributed by atoms with van der Waals surface area (Å²) in [5, 5.41) is 3.06. The van der Waals surface area contributed by atoms with Crippen molar-refractivity contribution in [3.63, 3.8) is 0 Å². The summed E-state index contributed by atoms with van der Waals surface area (Å²) < 4.78 is 28.7. The molecule has 0 saturated heterocycles. The molecule has 1 heterocycles. The van der Waals surface area contributed by atoms with E-state index in [0.29, 0.717) is 23.5 Å². The Morgan fingerprint density at radius 2 is 1.92 bits per heavy atom. The molecule has 0 radical (unpaired) electrons. The number of benzene rings is 1. The average molecular weight is 349 g/mol. The van der Waals surface area contributed by atoms with E-state index < -0.39 is 17.7 Å². The molecule has 0 bridgehead atoms. The number of rotatable bonds is 5. The summed E-state index contributed by atoms with van der Waals surface area (Å²) in [5.74, 6) is -1.42. The van der Waals surface area contributed by atoms with Crippen LogP contribution in [0.4, 0.5) is 8.78 Å². The Morgan fingerprint density at radius 3 is 2.60 bits per heavy atom. The van der Waals surface area contributed by atoms with Crippen LogP contribution in [0.5, 0.6) is 0 Å². The van der Waals surface area contributed by atoms with Gasteiger partial charge in [-0.3, -0.25) is 4.79 Å². The maximum atomic E-state index is 13.6. The van der Waals surface area contributed by atoms with Crippen LogP contribution in [0.1, 0.15) is 52.0 Å². The molecule has 136 valence electrons. The lowest BCUT2D eigenvalue weighted by molar-refractivity contribution is -0.125. The number of fused-ring (bicyclic) bond motifs is 1. The van der Waals surface area contributed by atoms with Crippen LogP contribution in [0.15, 0.2) is 18.5 Å². The van der Waals surface area contributed by atoms with Gasteiger partial charge in [-0.1, -0.05) is 33.1 Å². The summed E-state index contributed by atoms with van der Waals surface area (Å²) in [5.41, 5.74) is 0.787. The largest absolute Gasteiger partial charge is 0.354 e. The highest BCUT2D eigenvalue weighted by Gasteiger charge is 2.27. The van der Waals surface area contributed by atoms with Crippen molar-refractivity contribution in [2.45, 2.75) is 52.0 Å². The maximum Gasteiger partial charge on any atom is 0.243 e. The summed E-state index contributed by atoms with van der Waals surface area (Å²) in [6.45, 7) is 4.56. The number of nitrogens with zero attached hydrogens (tertiary/aromatic N) is 2. The summed E-state index contributed by atoms with van der Waals surface area (Å²) in [6.07, 6.45) is 7.54. The van der Waals surface area contributed by atoms with Crippen molar-refractivity contribution in [1.82, 2.24) is 14.9 Å². The van der Waals surface area contributed by atoms with Crippen LogP contribution < -0.4 is 5.32 Å². The Kier molecular flexibility index (Phi) is 5.35. The predicted octanol–water partition coefficient (Wildman–Crippen LogP) is 4.21. The van der Waals surface area contributed by atoms with Crippen molar-refractivity contribution in [2.75, 3.05) is 6.54 Å². The summed E-state index contributed by atoms with van der Waals surface area (Å²) in [7, 11) is 0. The molecular weight excluding hydrogens is 324 g/mol. The Hall–Kier alpha value is -1.98. The van der Waals surface area contributed by atoms with Crippen molar-refractivity contribution >= 4 is 16.9 Å². The maximum absolute atomic E-state index is 13.6. The smallest absolute Gasteiger partial charge is 0.243 e. The minimum atomic E-state index is -0.931. The molecular formula is C19H25F2N3O. The number of carbonyl (C=O) groups is 1. The molecule has 1 aliphatic rings. The first-order valence-corrected chi connectivity index (χ1v) is 9.06. The van der Waals surface area contributed by atoms with Gasteiger partial charge in [-0.2, -0.15) is 0 Å². The highest BCUT2D eigenvalue weighted by molar-refractivity contribution is 5.84. The third-order valence-corrected chi connectivity index (χ3v) is 5.11. The van der Waals surface area contributed by atoms with Crippen LogP contribution in [0, 0.1) is 23.5 Å². The van der Waals surface area contributed by atoms with Gasteiger partial charge < -0.3 is 9.88 Å². The fraction of sp³-hybridized carbons (Fsp3) is 0.579. The molecule has 0 spiro atoms. The van der Waals surface area contributed by atoms with Gasteiger partial charge in [0.2, 0.25) is 5.91 Å². The SMILES string of the molecule is CC(C)C(C(=O)NCC1CCCCC1)n1cnc2cc(F)c(F)cc21. The standard InChI is InChI=1S/C19H25F2N3O/c1-12(2)18(19(25)22-10-13-6-4-3-5-7-13)24-11-23-16-8-14(20)15(21)9-17(16)24/h8-9,11-13,18H,3-7,10H2,1-2H3,(H,22,25). The minimum Gasteiger partial charge on any atom is -0.354 e. The van der Waals surface area contributed by atoms with Gasteiger partial charge in [0.1, 0.15) is 6.04 Å². The highest BCUT2D eigenvalue weighted by atomic mass is 19.2. The molecule has 1 unspecified atom stereocenters. The molecule has 4 nitrogen and oxygen atoms in total. The van der Waals surface area contributed by atoms with E-state index >= 15 is 0 Å². The molecule has 1 amide bonds. The Bertz CT molecular complexity index is 750. The molecule has 1 aromatic carbocycles. The fourth-order valence-corrected chi connectivity index (χ4v) is 3.74. The van der Waals surface area contributed by atoms with Crippen LogP contribution in [0.25, 0.3) is 11.0 Å². The fourth-order valence-electron chi connectivity index (χ4n) is 3.74. The summed E-state index contributed by atoms with van der Waals surface area (Å²) in [4.78, 5) is 16.9. The van der Waals surface area contributed by atoms with Gasteiger partial charge >= 0.3 is 0 Å². The monoisotopic (exact) mass is 349 g/mol. The lowest BCUT2D eigenvalue weighted by atomic mass is 9.89. The van der Waals surface area contributed by atoms with E-state index in [4.69, 9.17) is 0 Å². The molecule has 1 fully saturated rings. The van der Waals surface area contributed by atoms with Gasteiger partial charge in [0.25, 0.3) is 0 Å². The van der Waals surface area contributed by atoms with E-state index in [1.807, 2.05) is 13.8 Å². The second-order valence-corrected chi connectivity index (χ2v) is 7.34. The van der Waals surface area contributed by atoms with E-state index in [0.717, 1.165) is 25.0 Å². The van der Waals surface area contributed by atoms with Crippen LogP contribution in [-0.4, -0.2) is 22.0 Å². The number of hydrogen-bond donors (Lipinski definition) is 1. The molecule has 1 N–H and O–H groups in total. The second-order valence-electron chi connectivity index (χ2n) is 7.34. The zero-order chi connectivity index (χ0) is 18.0. The Balaban J connectivity index is 1.80. The third kappa shape index (κ3) is 3.83. The van der Waals surface area contributed by atoms with Gasteiger partial charge in [0.15, 0.2) is 11.6 Å². The van der Waals surface area contributed by atoms with Crippen molar-refractivity contribution < 1.29 is 13.6 Å². The Morgan fingerprint density at radius 1 is 1.24 bits per heavy atom. The van der Waals surface area contributed by atoms with Gasteiger partial charge in [-0.05, 0) is 24.7 Å². The average Bonchev–Trinajstić information content (AvgIpc) is 2.97. The lowest BCUT2D eigenvalue weighted by Crippen LogP contribution is -2.38. The first-order chi connectivity index (χ1) is 12.0. The number of imidazole rings is 1. The summed E-state index contributed by atoms with van der Waals surface area (Å²) in [6, 6.07) is 1.68. The number of hydrogen-bond acceptors (Lipinski definition) is 2. The Labute approximate surface area is 146 Å². The van der Waals surface area contributed by atoms with E-state index in [-0.39, 0.29) is 11.8 Å². The van der Waals surface area contributed by atoms with E-state index in [2.05, 4.69) is 10.3 Å². The highest BCUT2D eigenvalue weighted by Crippen LogP contribution is 2.26. The molecule has 2 aromatic rings. The van der Waals surface area contributed by atoms with Crippen LogP contribution >= 0.6 is 0 Å². The quantitative estimate of drug-likeness (QED) is 0.879. The molecule has 0 aliphatic heterocycles. The van der Waals surface area contributed by atoms with Gasteiger partial charge in [-0.25, -0.2) is 13.8 Å². The molecule has 1 aromatic heterocycles. The van der Waals surface area contributed by atoms with E-state index in [1.54, 1.807) is 4.57 Å². The molecule has 3 rings (SSSR count). The normalized spacial score (nSPS) is 17.2. The zero-order valence-electron chi connectivity index (χ0n) is 14.8. The molecule has 1 aliphatic carbocycles. The van der Waals surface area contributed by atoms with Crippen LogP contribution in [-0.2, 0) is 4.79 Å². The molecule has 6 heteroatoms. The number of amides is 1. The number of carbonyl (C=O) groups excluding carboxylic acids is 1. The molecule has 1 atom stereocenters.